The molecule has 0 aliphatic carbocycles. The van der Waals surface area contributed by atoms with E-state index in [1.807, 2.05) is 12.1 Å². The molecule has 2 aromatic heterocycles. The highest BCUT2D eigenvalue weighted by Gasteiger charge is 2.31. The predicted molar refractivity (Wildman–Crippen MR) is 98.9 cm³/mol. The summed E-state index contributed by atoms with van der Waals surface area (Å²) in [5.41, 5.74) is 2.00. The molecule has 0 spiro atoms. The lowest BCUT2D eigenvalue weighted by atomic mass is 9.91. The normalized spacial score (nSPS) is 17.5. The van der Waals surface area contributed by atoms with Gasteiger partial charge in [-0.1, -0.05) is 19.9 Å². The lowest BCUT2D eigenvalue weighted by molar-refractivity contribution is 0.0626. The number of piperidine rings is 1. The van der Waals surface area contributed by atoms with Crippen LogP contribution in [0.15, 0.2) is 30.5 Å². The highest BCUT2D eigenvalue weighted by Crippen LogP contribution is 2.22. The minimum absolute atomic E-state index is 0.0219. The fraction of sp³-hybridized carbons (Fsp3) is 0.500. The second kappa shape index (κ2) is 7.81. The Morgan fingerprint density at radius 1 is 1.31 bits per heavy atom. The van der Waals surface area contributed by atoms with E-state index in [0.717, 1.165) is 25.0 Å². The van der Waals surface area contributed by atoms with E-state index in [4.69, 9.17) is 0 Å². The van der Waals surface area contributed by atoms with Gasteiger partial charge >= 0.3 is 0 Å². The lowest BCUT2D eigenvalue weighted by Gasteiger charge is -2.31. The van der Waals surface area contributed by atoms with Gasteiger partial charge in [-0.15, -0.1) is 0 Å². The van der Waals surface area contributed by atoms with Gasteiger partial charge in [0.25, 0.3) is 5.91 Å². The molecule has 0 saturated carbocycles. The minimum atomic E-state index is -0.189. The highest BCUT2D eigenvalue weighted by molar-refractivity contribution is 5.97. The first-order valence-electron chi connectivity index (χ1n) is 9.23. The first-order chi connectivity index (χ1) is 12.5. The summed E-state index contributed by atoms with van der Waals surface area (Å²) in [6.07, 6.45) is 4.10. The molecule has 1 fully saturated rings. The maximum Gasteiger partial charge on any atom is 0.272 e. The Balaban J connectivity index is 1.72. The number of carbonyl (C=O) groups is 2. The third-order valence-corrected chi connectivity index (χ3v) is 4.76. The van der Waals surface area contributed by atoms with Gasteiger partial charge in [-0.2, -0.15) is 5.10 Å². The summed E-state index contributed by atoms with van der Waals surface area (Å²) in [4.78, 5) is 31.6. The van der Waals surface area contributed by atoms with Crippen LogP contribution in [0.4, 0.5) is 0 Å². The zero-order valence-electron chi connectivity index (χ0n) is 15.7. The molecular formula is C20H26N4O2. The Morgan fingerprint density at radius 3 is 2.81 bits per heavy atom. The van der Waals surface area contributed by atoms with E-state index < -0.39 is 0 Å². The van der Waals surface area contributed by atoms with Crippen LogP contribution in [0.25, 0.3) is 0 Å². The molecule has 2 aromatic rings. The Morgan fingerprint density at radius 2 is 2.12 bits per heavy atom. The smallest absolute Gasteiger partial charge is 0.272 e. The number of pyridine rings is 1. The SMILES string of the molecule is CC(C)Cc1cc(C(=O)N2CCC[C@H](C(=O)c3ccccn3)C2)n(C)n1. The molecule has 0 unspecified atom stereocenters. The van der Waals surface area contributed by atoms with Crippen LogP contribution >= 0.6 is 0 Å². The largest absolute Gasteiger partial charge is 0.337 e. The molecule has 1 atom stereocenters. The molecule has 26 heavy (non-hydrogen) atoms. The monoisotopic (exact) mass is 354 g/mol. The van der Waals surface area contributed by atoms with Gasteiger partial charge in [0.2, 0.25) is 0 Å². The molecule has 138 valence electrons. The van der Waals surface area contributed by atoms with Crippen LogP contribution < -0.4 is 0 Å². The number of hydrogen-bond acceptors (Lipinski definition) is 4. The number of aromatic nitrogens is 3. The van der Waals surface area contributed by atoms with E-state index in [9.17, 15) is 9.59 Å². The van der Waals surface area contributed by atoms with Gasteiger partial charge < -0.3 is 4.90 Å². The molecule has 0 aromatic carbocycles. The molecule has 3 rings (SSSR count). The van der Waals surface area contributed by atoms with Gasteiger partial charge in [0.05, 0.1) is 5.69 Å². The van der Waals surface area contributed by atoms with Crippen molar-refractivity contribution in [3.8, 4) is 0 Å². The zero-order valence-corrected chi connectivity index (χ0v) is 15.7. The lowest BCUT2D eigenvalue weighted by Crippen LogP contribution is -2.43. The molecular weight excluding hydrogens is 328 g/mol. The highest BCUT2D eigenvalue weighted by atomic mass is 16.2. The van der Waals surface area contributed by atoms with Crippen molar-refractivity contribution in [3.63, 3.8) is 0 Å². The first kappa shape index (κ1) is 18.3. The van der Waals surface area contributed by atoms with Crippen LogP contribution in [0.1, 0.15) is 53.4 Å². The van der Waals surface area contributed by atoms with E-state index in [1.54, 1.807) is 35.0 Å². The number of carbonyl (C=O) groups excluding carboxylic acids is 2. The summed E-state index contributed by atoms with van der Waals surface area (Å²) in [5, 5.41) is 4.46. The number of rotatable bonds is 5. The summed E-state index contributed by atoms with van der Waals surface area (Å²) >= 11 is 0. The quantitative estimate of drug-likeness (QED) is 0.774. The number of Topliss-reactive ketones (excluding diaryl/α,β-unsaturated/α-hetero) is 1. The Kier molecular flexibility index (Phi) is 5.49. The fourth-order valence-electron chi connectivity index (χ4n) is 3.50. The van der Waals surface area contributed by atoms with E-state index in [1.165, 1.54) is 0 Å². The number of amides is 1. The maximum atomic E-state index is 13.0. The van der Waals surface area contributed by atoms with E-state index >= 15 is 0 Å². The molecule has 0 radical (unpaired) electrons. The molecule has 1 amide bonds. The minimum Gasteiger partial charge on any atom is -0.337 e. The van der Waals surface area contributed by atoms with Crippen molar-refractivity contribution in [1.82, 2.24) is 19.7 Å². The van der Waals surface area contributed by atoms with Crippen LogP contribution in [0, 0.1) is 11.8 Å². The van der Waals surface area contributed by atoms with Crippen molar-refractivity contribution in [3.05, 3.63) is 47.5 Å². The van der Waals surface area contributed by atoms with Gasteiger partial charge in [-0.25, -0.2) is 0 Å². The van der Waals surface area contributed by atoms with Gasteiger partial charge in [0.1, 0.15) is 11.4 Å². The van der Waals surface area contributed by atoms with Crippen molar-refractivity contribution < 1.29 is 9.59 Å². The standard InChI is InChI=1S/C20H26N4O2/c1-14(2)11-16-12-18(23(3)22-16)20(26)24-10-6-7-15(13-24)19(25)17-8-4-5-9-21-17/h4-5,8-9,12,14-15H,6-7,10-11,13H2,1-3H3/t15-/m0/s1. The summed E-state index contributed by atoms with van der Waals surface area (Å²) in [5.74, 6) is 0.274. The van der Waals surface area contributed by atoms with Gasteiger partial charge in [0.15, 0.2) is 5.78 Å². The summed E-state index contributed by atoms with van der Waals surface area (Å²) in [6.45, 7) is 5.39. The van der Waals surface area contributed by atoms with Gasteiger partial charge in [-0.3, -0.25) is 19.3 Å². The zero-order chi connectivity index (χ0) is 18.7. The molecule has 0 bridgehead atoms. The average molecular weight is 354 g/mol. The average Bonchev–Trinajstić information content (AvgIpc) is 3.00. The van der Waals surface area contributed by atoms with Crippen LogP contribution in [-0.2, 0) is 13.5 Å². The van der Waals surface area contributed by atoms with Gasteiger partial charge in [-0.05, 0) is 43.4 Å². The molecule has 1 saturated heterocycles. The molecule has 3 heterocycles. The molecule has 1 aliphatic rings. The topological polar surface area (TPSA) is 68.1 Å². The van der Waals surface area contributed by atoms with Crippen molar-refractivity contribution in [2.75, 3.05) is 13.1 Å². The molecule has 6 nitrogen and oxygen atoms in total. The Labute approximate surface area is 154 Å². The second-order valence-electron chi connectivity index (χ2n) is 7.41. The summed E-state index contributed by atoms with van der Waals surface area (Å²) in [7, 11) is 1.80. The molecule has 6 heteroatoms. The third kappa shape index (κ3) is 4.00. The summed E-state index contributed by atoms with van der Waals surface area (Å²) in [6, 6.07) is 7.23. The van der Waals surface area contributed by atoms with Crippen molar-refractivity contribution >= 4 is 11.7 Å². The first-order valence-corrected chi connectivity index (χ1v) is 9.23. The second-order valence-corrected chi connectivity index (χ2v) is 7.41. The van der Waals surface area contributed by atoms with Crippen molar-refractivity contribution in [2.24, 2.45) is 18.9 Å². The van der Waals surface area contributed by atoms with E-state index in [2.05, 4.69) is 23.9 Å². The van der Waals surface area contributed by atoms with Gasteiger partial charge in [0, 0.05) is 32.3 Å². The predicted octanol–water partition coefficient (Wildman–Crippen LogP) is 2.75. The Bertz CT molecular complexity index is 782. The molecule has 0 N–H and O–H groups in total. The van der Waals surface area contributed by atoms with Crippen LogP contribution in [0.5, 0.6) is 0 Å². The molecule has 1 aliphatic heterocycles. The van der Waals surface area contributed by atoms with Crippen LogP contribution in [-0.4, -0.2) is 44.4 Å². The van der Waals surface area contributed by atoms with Crippen molar-refractivity contribution in [2.45, 2.75) is 33.1 Å². The third-order valence-electron chi connectivity index (χ3n) is 4.76. The van der Waals surface area contributed by atoms with Crippen LogP contribution in [0.3, 0.4) is 0 Å². The fourth-order valence-corrected chi connectivity index (χ4v) is 3.50. The van der Waals surface area contributed by atoms with Crippen LogP contribution in [0.2, 0.25) is 0 Å². The number of aryl methyl sites for hydroxylation is 1. The number of nitrogens with zero attached hydrogens (tertiary/aromatic N) is 4. The van der Waals surface area contributed by atoms with E-state index in [-0.39, 0.29) is 17.6 Å². The number of likely N-dealkylation sites (tertiary alicyclic amines) is 1. The van der Waals surface area contributed by atoms with Crippen molar-refractivity contribution in [1.29, 1.82) is 0 Å². The summed E-state index contributed by atoms with van der Waals surface area (Å²) < 4.78 is 1.66. The maximum absolute atomic E-state index is 13.0. The van der Waals surface area contributed by atoms with E-state index in [0.29, 0.717) is 30.4 Å². The Hall–Kier alpha value is -2.50. The number of hydrogen-bond donors (Lipinski definition) is 0. The number of ketones is 1.